The van der Waals surface area contributed by atoms with E-state index in [0.717, 1.165) is 13.0 Å². The van der Waals surface area contributed by atoms with Gasteiger partial charge in [0.1, 0.15) is 0 Å². The third kappa shape index (κ3) is 2.02. The smallest absolute Gasteiger partial charge is 0.310 e. The average Bonchev–Trinajstić information content (AvgIpc) is 2.45. The summed E-state index contributed by atoms with van der Waals surface area (Å²) < 4.78 is 4.80. The fraction of sp³-hybridized carbons (Fsp3) is 0.900. The van der Waals surface area contributed by atoms with E-state index in [1.165, 1.54) is 7.11 Å². The van der Waals surface area contributed by atoms with Crippen molar-refractivity contribution >= 4 is 5.97 Å². The number of likely N-dealkylation sites (tertiary alicyclic amines) is 1. The van der Waals surface area contributed by atoms with Gasteiger partial charge in [-0.2, -0.15) is 0 Å². The molecule has 13 heavy (non-hydrogen) atoms. The average molecular weight is 185 g/mol. The van der Waals surface area contributed by atoms with Crippen molar-refractivity contribution in [2.75, 3.05) is 20.7 Å². The van der Waals surface area contributed by atoms with E-state index in [1.807, 2.05) is 0 Å². The Morgan fingerprint density at radius 1 is 1.54 bits per heavy atom. The van der Waals surface area contributed by atoms with Crippen LogP contribution in [-0.4, -0.2) is 37.6 Å². The predicted octanol–water partition coefficient (Wildman–Crippen LogP) is 1.14. The highest BCUT2D eigenvalue weighted by Gasteiger charge is 2.38. The van der Waals surface area contributed by atoms with Crippen LogP contribution < -0.4 is 0 Å². The number of carbonyl (C=O) groups is 1. The fourth-order valence-corrected chi connectivity index (χ4v) is 2.35. The van der Waals surface area contributed by atoms with Crippen LogP contribution in [0.5, 0.6) is 0 Å². The molecular formula is C10H19NO2. The molecule has 1 aliphatic heterocycles. The molecule has 1 saturated heterocycles. The maximum absolute atomic E-state index is 11.4. The number of hydrogen-bond donors (Lipinski definition) is 0. The molecule has 0 radical (unpaired) electrons. The number of rotatable bonds is 2. The van der Waals surface area contributed by atoms with Crippen LogP contribution in [0.2, 0.25) is 0 Å². The minimum absolute atomic E-state index is 0.0527. The Kier molecular flexibility index (Phi) is 3.31. The number of nitrogens with zero attached hydrogens (tertiary/aromatic N) is 1. The summed E-state index contributed by atoms with van der Waals surface area (Å²) in [6.07, 6.45) is 0.937. The minimum Gasteiger partial charge on any atom is -0.469 e. The molecule has 1 fully saturated rings. The zero-order chi connectivity index (χ0) is 10.0. The molecule has 0 aliphatic carbocycles. The summed E-state index contributed by atoms with van der Waals surface area (Å²) in [7, 11) is 3.55. The van der Waals surface area contributed by atoms with Gasteiger partial charge in [0.2, 0.25) is 0 Å². The topological polar surface area (TPSA) is 29.5 Å². The van der Waals surface area contributed by atoms with E-state index in [0.29, 0.717) is 12.0 Å². The second-order valence-electron chi connectivity index (χ2n) is 4.13. The van der Waals surface area contributed by atoms with Crippen molar-refractivity contribution in [3.05, 3.63) is 0 Å². The Morgan fingerprint density at radius 3 is 2.62 bits per heavy atom. The number of esters is 1. The molecule has 1 rings (SSSR count). The van der Waals surface area contributed by atoms with Crippen molar-refractivity contribution in [3.63, 3.8) is 0 Å². The largest absolute Gasteiger partial charge is 0.469 e. The number of ether oxygens (including phenoxy) is 1. The Bertz CT molecular complexity index is 191. The molecule has 0 aromatic rings. The molecule has 0 aromatic heterocycles. The van der Waals surface area contributed by atoms with Crippen LogP contribution in [0.4, 0.5) is 0 Å². The van der Waals surface area contributed by atoms with Crippen molar-refractivity contribution in [2.45, 2.75) is 26.3 Å². The fourth-order valence-electron chi connectivity index (χ4n) is 2.35. The van der Waals surface area contributed by atoms with Crippen molar-refractivity contribution in [2.24, 2.45) is 11.8 Å². The minimum atomic E-state index is -0.0527. The standard InChI is InChI=1S/C10H19NO2/c1-7(2)9-8(10(12)13-4)5-6-11(9)3/h7-9H,5-6H2,1-4H3/t8-,9-/m0/s1. The molecule has 0 unspecified atom stereocenters. The van der Waals surface area contributed by atoms with E-state index in [4.69, 9.17) is 4.74 Å². The summed E-state index contributed by atoms with van der Waals surface area (Å²) in [6.45, 7) is 5.31. The van der Waals surface area contributed by atoms with Crippen LogP contribution in [0.3, 0.4) is 0 Å². The summed E-state index contributed by atoms with van der Waals surface area (Å²) in [4.78, 5) is 13.7. The monoisotopic (exact) mass is 185 g/mol. The Labute approximate surface area is 80.1 Å². The van der Waals surface area contributed by atoms with E-state index < -0.39 is 0 Å². The molecule has 3 nitrogen and oxygen atoms in total. The molecule has 0 spiro atoms. The molecule has 76 valence electrons. The van der Waals surface area contributed by atoms with Crippen LogP contribution in [0.25, 0.3) is 0 Å². The lowest BCUT2D eigenvalue weighted by atomic mass is 9.91. The molecule has 1 aliphatic rings. The summed E-state index contributed by atoms with van der Waals surface area (Å²) in [5, 5.41) is 0. The quantitative estimate of drug-likeness (QED) is 0.604. The number of methoxy groups -OCH3 is 1. The van der Waals surface area contributed by atoms with Gasteiger partial charge in [-0.3, -0.25) is 4.79 Å². The van der Waals surface area contributed by atoms with Crippen LogP contribution in [0, 0.1) is 11.8 Å². The predicted molar refractivity (Wildman–Crippen MR) is 51.4 cm³/mol. The Morgan fingerprint density at radius 2 is 2.15 bits per heavy atom. The zero-order valence-electron chi connectivity index (χ0n) is 8.91. The van der Waals surface area contributed by atoms with E-state index in [-0.39, 0.29) is 11.9 Å². The van der Waals surface area contributed by atoms with Gasteiger partial charge in [-0.15, -0.1) is 0 Å². The van der Waals surface area contributed by atoms with Crippen molar-refractivity contribution in [1.82, 2.24) is 4.90 Å². The highest BCUT2D eigenvalue weighted by atomic mass is 16.5. The number of hydrogen-bond acceptors (Lipinski definition) is 3. The molecule has 3 heteroatoms. The number of carbonyl (C=O) groups excluding carboxylic acids is 1. The Balaban J connectivity index is 2.69. The van der Waals surface area contributed by atoms with Gasteiger partial charge in [0, 0.05) is 6.04 Å². The first-order valence-electron chi connectivity index (χ1n) is 4.86. The van der Waals surface area contributed by atoms with Gasteiger partial charge in [0.05, 0.1) is 13.0 Å². The van der Waals surface area contributed by atoms with Gasteiger partial charge in [0.15, 0.2) is 0 Å². The molecule has 0 aromatic carbocycles. The Hall–Kier alpha value is -0.570. The van der Waals surface area contributed by atoms with E-state index in [1.54, 1.807) is 0 Å². The van der Waals surface area contributed by atoms with Gasteiger partial charge in [-0.25, -0.2) is 0 Å². The first-order chi connectivity index (χ1) is 6.07. The SMILES string of the molecule is COC(=O)[C@H]1CCN(C)[C@H]1C(C)C. The third-order valence-electron chi connectivity index (χ3n) is 2.90. The maximum Gasteiger partial charge on any atom is 0.310 e. The lowest BCUT2D eigenvalue weighted by Gasteiger charge is -2.27. The normalized spacial score (nSPS) is 29.6. The van der Waals surface area contributed by atoms with Crippen molar-refractivity contribution in [3.8, 4) is 0 Å². The lowest BCUT2D eigenvalue weighted by Crippen LogP contribution is -2.37. The summed E-state index contributed by atoms with van der Waals surface area (Å²) in [5.74, 6) is 0.537. The van der Waals surface area contributed by atoms with Gasteiger partial charge in [0.25, 0.3) is 0 Å². The van der Waals surface area contributed by atoms with E-state index >= 15 is 0 Å². The van der Waals surface area contributed by atoms with Crippen molar-refractivity contribution < 1.29 is 9.53 Å². The highest BCUT2D eigenvalue weighted by Crippen LogP contribution is 2.29. The lowest BCUT2D eigenvalue weighted by molar-refractivity contribution is -0.146. The van der Waals surface area contributed by atoms with Gasteiger partial charge in [-0.1, -0.05) is 13.8 Å². The second kappa shape index (κ2) is 4.09. The third-order valence-corrected chi connectivity index (χ3v) is 2.90. The summed E-state index contributed by atoms with van der Waals surface area (Å²) in [6, 6.07) is 0.354. The molecule has 0 amide bonds. The van der Waals surface area contributed by atoms with Gasteiger partial charge < -0.3 is 9.64 Å². The maximum atomic E-state index is 11.4. The first kappa shape index (κ1) is 10.5. The molecular weight excluding hydrogens is 166 g/mol. The molecule has 1 heterocycles. The van der Waals surface area contributed by atoms with Crippen LogP contribution in [0.1, 0.15) is 20.3 Å². The first-order valence-corrected chi connectivity index (χ1v) is 4.86. The van der Waals surface area contributed by atoms with Crippen LogP contribution in [0.15, 0.2) is 0 Å². The van der Waals surface area contributed by atoms with Crippen LogP contribution >= 0.6 is 0 Å². The molecule has 0 bridgehead atoms. The van der Waals surface area contributed by atoms with E-state index in [9.17, 15) is 4.79 Å². The highest BCUT2D eigenvalue weighted by molar-refractivity contribution is 5.73. The zero-order valence-corrected chi connectivity index (χ0v) is 8.91. The second-order valence-corrected chi connectivity index (χ2v) is 4.13. The van der Waals surface area contributed by atoms with Crippen molar-refractivity contribution in [1.29, 1.82) is 0 Å². The molecule has 0 N–H and O–H groups in total. The molecule has 2 atom stereocenters. The summed E-state index contributed by atoms with van der Waals surface area (Å²) >= 11 is 0. The molecule has 0 saturated carbocycles. The summed E-state index contributed by atoms with van der Waals surface area (Å²) in [5.41, 5.74) is 0. The van der Waals surface area contributed by atoms with E-state index in [2.05, 4.69) is 25.8 Å². The van der Waals surface area contributed by atoms with Crippen LogP contribution in [-0.2, 0) is 9.53 Å². The van der Waals surface area contributed by atoms with Gasteiger partial charge >= 0.3 is 5.97 Å². The van der Waals surface area contributed by atoms with Gasteiger partial charge in [-0.05, 0) is 25.9 Å².